The minimum absolute atomic E-state index is 0.0598. The Bertz CT molecular complexity index is 498. The van der Waals surface area contributed by atoms with Crippen molar-refractivity contribution in [2.75, 3.05) is 0 Å². The highest BCUT2D eigenvalue weighted by Gasteiger charge is 2.18. The average Bonchev–Trinajstić information content (AvgIpc) is 2.33. The van der Waals surface area contributed by atoms with Crippen LogP contribution >= 0.6 is 0 Å². The fourth-order valence-electron chi connectivity index (χ4n) is 1.85. The van der Waals surface area contributed by atoms with E-state index in [2.05, 4.69) is 43.4 Å². The maximum absolute atomic E-state index is 11.7. The summed E-state index contributed by atoms with van der Waals surface area (Å²) in [7, 11) is 0. The third-order valence-electron chi connectivity index (χ3n) is 3.17. The van der Waals surface area contributed by atoms with Crippen molar-refractivity contribution in [2.45, 2.75) is 52.5 Å². The predicted molar refractivity (Wildman–Crippen MR) is 76.7 cm³/mol. The highest BCUT2D eigenvalue weighted by molar-refractivity contribution is 5.77. The largest absolute Gasteiger partial charge is 0.338 e. The number of hydrogen-bond donors (Lipinski definition) is 1. The first-order valence-electron chi connectivity index (χ1n) is 6.62. The molecule has 1 aromatic rings. The number of benzene rings is 1. The zero-order chi connectivity index (χ0) is 14.5. The van der Waals surface area contributed by atoms with Crippen LogP contribution in [0.5, 0.6) is 0 Å². The molecular formula is C16H22N2O. The van der Waals surface area contributed by atoms with Gasteiger partial charge in [-0.3, -0.25) is 4.79 Å². The molecule has 0 fully saturated rings. The molecule has 102 valence electrons. The molecule has 0 unspecified atom stereocenters. The van der Waals surface area contributed by atoms with Gasteiger partial charge in [-0.25, -0.2) is 0 Å². The first kappa shape index (κ1) is 15.2. The SMILES string of the molecule is Cc1ccc(CCCC(=O)NC(C)(C)C#N)cc1C. The molecule has 0 spiro atoms. The number of nitrogens with one attached hydrogen (secondary N) is 1. The van der Waals surface area contributed by atoms with Gasteiger partial charge in [0.25, 0.3) is 0 Å². The van der Waals surface area contributed by atoms with Crippen LogP contribution in [-0.4, -0.2) is 11.4 Å². The number of nitriles is 1. The molecular weight excluding hydrogens is 236 g/mol. The molecule has 1 amide bonds. The Kier molecular flexibility index (Phi) is 5.11. The minimum atomic E-state index is -0.780. The summed E-state index contributed by atoms with van der Waals surface area (Å²) < 4.78 is 0. The second-order valence-corrected chi connectivity index (χ2v) is 5.56. The van der Waals surface area contributed by atoms with Crippen LogP contribution in [0.2, 0.25) is 0 Å². The Morgan fingerprint density at radius 1 is 1.32 bits per heavy atom. The molecule has 0 bridgehead atoms. The molecule has 0 aliphatic heterocycles. The van der Waals surface area contributed by atoms with Crippen LogP contribution in [-0.2, 0) is 11.2 Å². The fourth-order valence-corrected chi connectivity index (χ4v) is 1.85. The summed E-state index contributed by atoms with van der Waals surface area (Å²) in [6.07, 6.45) is 2.15. The summed E-state index contributed by atoms with van der Waals surface area (Å²) >= 11 is 0. The highest BCUT2D eigenvalue weighted by atomic mass is 16.1. The maximum atomic E-state index is 11.7. The molecule has 3 heteroatoms. The number of carbonyl (C=O) groups is 1. The molecule has 0 heterocycles. The van der Waals surface area contributed by atoms with E-state index in [0.29, 0.717) is 6.42 Å². The molecule has 0 saturated carbocycles. The zero-order valence-electron chi connectivity index (χ0n) is 12.2. The van der Waals surface area contributed by atoms with E-state index >= 15 is 0 Å². The number of amides is 1. The fraction of sp³-hybridized carbons (Fsp3) is 0.500. The third-order valence-corrected chi connectivity index (χ3v) is 3.17. The Balaban J connectivity index is 2.40. The second-order valence-electron chi connectivity index (χ2n) is 5.56. The number of nitrogens with zero attached hydrogens (tertiary/aromatic N) is 1. The smallest absolute Gasteiger partial charge is 0.221 e. The van der Waals surface area contributed by atoms with Crippen LogP contribution in [0.15, 0.2) is 18.2 Å². The van der Waals surface area contributed by atoms with Crippen LogP contribution in [0.1, 0.15) is 43.4 Å². The molecule has 0 saturated heterocycles. The van der Waals surface area contributed by atoms with Crippen molar-refractivity contribution in [3.63, 3.8) is 0 Å². The topological polar surface area (TPSA) is 52.9 Å². The van der Waals surface area contributed by atoms with Crippen molar-refractivity contribution in [1.82, 2.24) is 5.32 Å². The Morgan fingerprint density at radius 2 is 2.00 bits per heavy atom. The lowest BCUT2D eigenvalue weighted by Gasteiger charge is -2.17. The third kappa shape index (κ3) is 5.13. The van der Waals surface area contributed by atoms with E-state index in [1.54, 1.807) is 13.8 Å². The standard InChI is InChI=1S/C16H22N2O/c1-12-8-9-14(10-13(12)2)6-5-7-15(19)18-16(3,4)11-17/h8-10H,5-7H2,1-4H3,(H,18,19). The first-order valence-corrected chi connectivity index (χ1v) is 6.62. The highest BCUT2D eigenvalue weighted by Crippen LogP contribution is 2.12. The van der Waals surface area contributed by atoms with E-state index in [-0.39, 0.29) is 5.91 Å². The summed E-state index contributed by atoms with van der Waals surface area (Å²) in [5, 5.41) is 11.6. The van der Waals surface area contributed by atoms with Crippen LogP contribution in [0.3, 0.4) is 0 Å². The molecule has 0 aromatic heterocycles. The van der Waals surface area contributed by atoms with Gasteiger partial charge in [-0.15, -0.1) is 0 Å². The molecule has 1 aromatic carbocycles. The lowest BCUT2D eigenvalue weighted by molar-refractivity contribution is -0.122. The van der Waals surface area contributed by atoms with Gasteiger partial charge in [0.15, 0.2) is 0 Å². The zero-order valence-corrected chi connectivity index (χ0v) is 12.2. The predicted octanol–water partition coefficient (Wildman–Crippen LogP) is 3.04. The van der Waals surface area contributed by atoms with Gasteiger partial charge in [-0.2, -0.15) is 5.26 Å². The number of hydrogen-bond acceptors (Lipinski definition) is 2. The van der Waals surface area contributed by atoms with Gasteiger partial charge in [0.2, 0.25) is 5.91 Å². The van der Waals surface area contributed by atoms with Gasteiger partial charge in [0.1, 0.15) is 5.54 Å². The molecule has 0 aliphatic carbocycles. The van der Waals surface area contributed by atoms with Crippen LogP contribution < -0.4 is 5.32 Å². The lowest BCUT2D eigenvalue weighted by atomic mass is 10.0. The minimum Gasteiger partial charge on any atom is -0.338 e. The molecule has 0 aliphatic rings. The first-order chi connectivity index (χ1) is 8.84. The van der Waals surface area contributed by atoms with Crippen LogP contribution in [0.25, 0.3) is 0 Å². The van der Waals surface area contributed by atoms with Gasteiger partial charge in [-0.1, -0.05) is 18.2 Å². The molecule has 19 heavy (non-hydrogen) atoms. The Morgan fingerprint density at radius 3 is 2.58 bits per heavy atom. The normalized spacial score (nSPS) is 10.9. The van der Waals surface area contributed by atoms with Crippen LogP contribution in [0, 0.1) is 25.2 Å². The average molecular weight is 258 g/mol. The van der Waals surface area contributed by atoms with E-state index in [1.807, 2.05) is 0 Å². The van der Waals surface area contributed by atoms with Crippen molar-refractivity contribution in [2.24, 2.45) is 0 Å². The summed E-state index contributed by atoms with van der Waals surface area (Å²) in [6, 6.07) is 8.46. The van der Waals surface area contributed by atoms with Crippen LogP contribution in [0.4, 0.5) is 0 Å². The molecule has 3 nitrogen and oxygen atoms in total. The van der Waals surface area contributed by atoms with E-state index < -0.39 is 5.54 Å². The van der Waals surface area contributed by atoms with Gasteiger partial charge in [0, 0.05) is 6.42 Å². The number of aryl methyl sites for hydroxylation is 3. The summed E-state index contributed by atoms with van der Waals surface area (Å²) in [4.78, 5) is 11.7. The van der Waals surface area contributed by atoms with Crippen molar-refractivity contribution in [3.8, 4) is 6.07 Å². The maximum Gasteiger partial charge on any atom is 0.221 e. The summed E-state index contributed by atoms with van der Waals surface area (Å²) in [5.41, 5.74) is 3.05. The second kappa shape index (κ2) is 6.38. The van der Waals surface area contributed by atoms with Crippen molar-refractivity contribution in [3.05, 3.63) is 34.9 Å². The molecule has 1 rings (SSSR count). The number of carbonyl (C=O) groups excluding carboxylic acids is 1. The van der Waals surface area contributed by atoms with Gasteiger partial charge in [0.05, 0.1) is 6.07 Å². The Labute approximate surface area is 115 Å². The monoisotopic (exact) mass is 258 g/mol. The Hall–Kier alpha value is -1.82. The van der Waals surface area contributed by atoms with E-state index in [0.717, 1.165) is 12.8 Å². The lowest BCUT2D eigenvalue weighted by Crippen LogP contribution is -2.41. The van der Waals surface area contributed by atoms with Crippen molar-refractivity contribution >= 4 is 5.91 Å². The van der Waals surface area contributed by atoms with Gasteiger partial charge < -0.3 is 5.32 Å². The van der Waals surface area contributed by atoms with E-state index in [1.165, 1.54) is 16.7 Å². The van der Waals surface area contributed by atoms with E-state index in [4.69, 9.17) is 5.26 Å². The molecule has 0 radical (unpaired) electrons. The van der Waals surface area contributed by atoms with Gasteiger partial charge >= 0.3 is 0 Å². The van der Waals surface area contributed by atoms with Crippen molar-refractivity contribution in [1.29, 1.82) is 5.26 Å². The molecule has 1 N–H and O–H groups in total. The number of rotatable bonds is 5. The summed E-state index contributed by atoms with van der Waals surface area (Å²) in [6.45, 7) is 7.60. The molecule has 0 atom stereocenters. The summed E-state index contributed by atoms with van der Waals surface area (Å²) in [5.74, 6) is -0.0598. The van der Waals surface area contributed by atoms with Crippen molar-refractivity contribution < 1.29 is 4.79 Å². The van der Waals surface area contributed by atoms with E-state index in [9.17, 15) is 4.79 Å². The quantitative estimate of drug-likeness (QED) is 0.882. The van der Waals surface area contributed by atoms with Gasteiger partial charge in [-0.05, 0) is 57.2 Å².